The first kappa shape index (κ1) is 9.94. The molecule has 0 bridgehead atoms. The highest BCUT2D eigenvalue weighted by molar-refractivity contribution is 5.06. The van der Waals surface area contributed by atoms with Crippen LogP contribution in [0.15, 0.2) is 0 Å². The molecule has 4 rings (SSSR count). The van der Waals surface area contributed by atoms with E-state index in [1.165, 1.54) is 38.5 Å². The smallest absolute Gasteiger partial charge is 0.0132 e. The van der Waals surface area contributed by atoms with Crippen LogP contribution in [0.3, 0.4) is 0 Å². The molecule has 1 heteroatoms. The van der Waals surface area contributed by atoms with Gasteiger partial charge in [-0.05, 0) is 55.8 Å². The van der Waals surface area contributed by atoms with Crippen molar-refractivity contribution in [3.8, 4) is 0 Å². The average Bonchev–Trinajstić information content (AvgIpc) is 2.92. The van der Waals surface area contributed by atoms with Gasteiger partial charge in [0.1, 0.15) is 0 Å². The average molecular weight is 219 g/mol. The van der Waals surface area contributed by atoms with E-state index in [1.54, 1.807) is 19.3 Å². The van der Waals surface area contributed by atoms with Crippen LogP contribution in [0.5, 0.6) is 0 Å². The standard InChI is InChI=1S/C15H25N/c1-2-7-14-12(5-1)13-9-8-10-4-3-6-11(10)15(13)16-14/h10-16H,1-9H2. The van der Waals surface area contributed by atoms with E-state index >= 15 is 0 Å². The molecule has 1 saturated heterocycles. The van der Waals surface area contributed by atoms with Gasteiger partial charge in [-0.15, -0.1) is 0 Å². The molecular weight excluding hydrogens is 194 g/mol. The molecule has 1 N–H and O–H groups in total. The summed E-state index contributed by atoms with van der Waals surface area (Å²) in [6.45, 7) is 0. The van der Waals surface area contributed by atoms with Gasteiger partial charge in [-0.3, -0.25) is 0 Å². The minimum atomic E-state index is 0.920. The third kappa shape index (κ3) is 1.33. The number of fused-ring (bicyclic) bond motifs is 5. The van der Waals surface area contributed by atoms with Crippen molar-refractivity contribution in [2.24, 2.45) is 23.7 Å². The molecule has 3 saturated carbocycles. The number of hydrogen-bond acceptors (Lipinski definition) is 1. The maximum Gasteiger partial charge on any atom is 0.0132 e. The van der Waals surface area contributed by atoms with Gasteiger partial charge in [0.25, 0.3) is 0 Å². The van der Waals surface area contributed by atoms with Crippen molar-refractivity contribution in [1.29, 1.82) is 0 Å². The van der Waals surface area contributed by atoms with Crippen molar-refractivity contribution in [3.63, 3.8) is 0 Å². The van der Waals surface area contributed by atoms with Crippen molar-refractivity contribution in [2.75, 3.05) is 0 Å². The zero-order valence-corrected chi connectivity index (χ0v) is 10.3. The molecule has 0 aromatic heterocycles. The maximum absolute atomic E-state index is 4.07. The van der Waals surface area contributed by atoms with E-state index in [-0.39, 0.29) is 0 Å². The van der Waals surface area contributed by atoms with Crippen molar-refractivity contribution < 1.29 is 0 Å². The normalized spacial score (nSPS) is 55.5. The van der Waals surface area contributed by atoms with Gasteiger partial charge in [0.15, 0.2) is 0 Å². The second kappa shape index (κ2) is 3.73. The van der Waals surface area contributed by atoms with E-state index in [1.807, 2.05) is 0 Å². The van der Waals surface area contributed by atoms with Crippen LogP contribution in [-0.2, 0) is 0 Å². The first-order chi connectivity index (χ1) is 7.93. The van der Waals surface area contributed by atoms with Crippen LogP contribution < -0.4 is 5.32 Å². The second-order valence-electron chi connectivity index (χ2n) is 6.84. The van der Waals surface area contributed by atoms with Crippen molar-refractivity contribution >= 4 is 0 Å². The van der Waals surface area contributed by atoms with E-state index in [9.17, 15) is 0 Å². The fourth-order valence-electron chi connectivity index (χ4n) is 5.65. The van der Waals surface area contributed by atoms with Gasteiger partial charge in [-0.1, -0.05) is 25.7 Å². The number of hydrogen-bond donors (Lipinski definition) is 1. The quantitative estimate of drug-likeness (QED) is 0.659. The molecule has 1 aliphatic heterocycles. The van der Waals surface area contributed by atoms with Gasteiger partial charge in [0.05, 0.1) is 0 Å². The van der Waals surface area contributed by atoms with Crippen molar-refractivity contribution in [2.45, 2.75) is 69.9 Å². The summed E-state index contributed by atoms with van der Waals surface area (Å²) in [7, 11) is 0. The summed E-state index contributed by atoms with van der Waals surface area (Å²) in [5.41, 5.74) is 0. The monoisotopic (exact) mass is 219 g/mol. The zero-order valence-electron chi connectivity index (χ0n) is 10.3. The number of rotatable bonds is 0. The van der Waals surface area contributed by atoms with E-state index in [0.29, 0.717) is 0 Å². The van der Waals surface area contributed by atoms with E-state index in [2.05, 4.69) is 5.32 Å². The highest BCUT2D eigenvalue weighted by Crippen LogP contribution is 2.51. The summed E-state index contributed by atoms with van der Waals surface area (Å²) in [4.78, 5) is 0. The maximum atomic E-state index is 4.07. The highest BCUT2D eigenvalue weighted by Gasteiger charge is 2.51. The Hall–Kier alpha value is -0.0400. The summed E-state index contributed by atoms with van der Waals surface area (Å²) < 4.78 is 0. The lowest BCUT2D eigenvalue weighted by Crippen LogP contribution is -2.42. The summed E-state index contributed by atoms with van der Waals surface area (Å²) >= 11 is 0. The van der Waals surface area contributed by atoms with Crippen molar-refractivity contribution in [3.05, 3.63) is 0 Å². The third-order valence-corrected chi connectivity index (χ3v) is 6.29. The molecule has 1 heterocycles. The zero-order chi connectivity index (χ0) is 10.5. The SMILES string of the molecule is C1CCC2C(C1)NC1C3CCCC3CCC21. The largest absolute Gasteiger partial charge is 0.310 e. The Morgan fingerprint density at radius 3 is 2.50 bits per heavy atom. The van der Waals surface area contributed by atoms with Crippen LogP contribution in [0.1, 0.15) is 57.8 Å². The van der Waals surface area contributed by atoms with Crippen LogP contribution in [0.2, 0.25) is 0 Å². The molecule has 3 aliphatic carbocycles. The predicted octanol–water partition coefficient (Wildman–Crippen LogP) is 3.34. The molecule has 4 fully saturated rings. The Labute approximate surface area is 99.4 Å². The number of nitrogens with one attached hydrogen (secondary N) is 1. The molecule has 1 nitrogen and oxygen atoms in total. The van der Waals surface area contributed by atoms with Gasteiger partial charge >= 0.3 is 0 Å². The Morgan fingerprint density at radius 2 is 1.50 bits per heavy atom. The highest BCUT2D eigenvalue weighted by atomic mass is 15.0. The molecule has 6 atom stereocenters. The Balaban J connectivity index is 1.59. The van der Waals surface area contributed by atoms with Gasteiger partial charge < -0.3 is 5.32 Å². The molecule has 4 aliphatic rings. The van der Waals surface area contributed by atoms with E-state index in [4.69, 9.17) is 0 Å². The van der Waals surface area contributed by atoms with E-state index in [0.717, 1.165) is 35.8 Å². The third-order valence-electron chi connectivity index (χ3n) is 6.29. The Kier molecular flexibility index (Phi) is 2.32. The predicted molar refractivity (Wildman–Crippen MR) is 66.2 cm³/mol. The minimum Gasteiger partial charge on any atom is -0.310 e. The molecule has 0 spiro atoms. The molecular formula is C15H25N. The van der Waals surface area contributed by atoms with Gasteiger partial charge in [-0.2, -0.15) is 0 Å². The first-order valence-corrected chi connectivity index (χ1v) is 7.69. The van der Waals surface area contributed by atoms with Crippen LogP contribution in [0.4, 0.5) is 0 Å². The molecule has 90 valence electrons. The van der Waals surface area contributed by atoms with E-state index < -0.39 is 0 Å². The molecule has 16 heavy (non-hydrogen) atoms. The van der Waals surface area contributed by atoms with Gasteiger partial charge in [-0.25, -0.2) is 0 Å². The van der Waals surface area contributed by atoms with Crippen LogP contribution in [-0.4, -0.2) is 12.1 Å². The molecule has 0 aromatic rings. The Bertz CT molecular complexity index is 275. The molecule has 0 aromatic carbocycles. The van der Waals surface area contributed by atoms with Gasteiger partial charge in [0, 0.05) is 12.1 Å². The Morgan fingerprint density at radius 1 is 0.625 bits per heavy atom. The van der Waals surface area contributed by atoms with Crippen LogP contribution >= 0.6 is 0 Å². The summed E-state index contributed by atoms with van der Waals surface area (Å²) in [5.74, 6) is 4.32. The summed E-state index contributed by atoms with van der Waals surface area (Å²) in [5, 5.41) is 4.07. The lowest BCUT2D eigenvalue weighted by Gasteiger charge is -2.38. The summed E-state index contributed by atoms with van der Waals surface area (Å²) in [6.07, 6.45) is 13.8. The second-order valence-corrected chi connectivity index (χ2v) is 6.84. The lowest BCUT2D eigenvalue weighted by atomic mass is 9.67. The fraction of sp³-hybridized carbons (Fsp3) is 1.00. The summed E-state index contributed by atoms with van der Waals surface area (Å²) in [6, 6.07) is 1.86. The molecule has 0 amide bonds. The van der Waals surface area contributed by atoms with Gasteiger partial charge in [0.2, 0.25) is 0 Å². The molecule has 0 radical (unpaired) electrons. The fourth-order valence-corrected chi connectivity index (χ4v) is 5.65. The van der Waals surface area contributed by atoms with Crippen LogP contribution in [0.25, 0.3) is 0 Å². The first-order valence-electron chi connectivity index (χ1n) is 7.69. The van der Waals surface area contributed by atoms with Crippen LogP contribution in [0, 0.1) is 23.7 Å². The lowest BCUT2D eigenvalue weighted by molar-refractivity contribution is 0.149. The molecule has 6 unspecified atom stereocenters. The topological polar surface area (TPSA) is 12.0 Å². The minimum absolute atomic E-state index is 0.920. The van der Waals surface area contributed by atoms with Crippen molar-refractivity contribution in [1.82, 2.24) is 5.32 Å².